The van der Waals surface area contributed by atoms with E-state index in [0.717, 1.165) is 85.5 Å². The number of ketones is 2. The lowest BCUT2D eigenvalue weighted by Crippen LogP contribution is -2.75. The molecule has 9 aliphatic carbocycles. The molecule has 6 saturated carbocycles. The summed E-state index contributed by atoms with van der Waals surface area (Å²) in [6, 6.07) is 9.57. The van der Waals surface area contributed by atoms with Crippen molar-refractivity contribution in [2.24, 2.45) is 56.2 Å². The minimum absolute atomic E-state index is 0.0642. The third kappa shape index (κ3) is 7.20. The van der Waals surface area contributed by atoms with Crippen LogP contribution in [0.2, 0.25) is 0 Å². The lowest BCUT2D eigenvalue weighted by Gasteiger charge is -2.77. The first-order valence-electron chi connectivity index (χ1n) is 33.1. The van der Waals surface area contributed by atoms with E-state index in [1.54, 1.807) is 0 Å². The highest BCUT2D eigenvalue weighted by Crippen LogP contribution is 2.85. The van der Waals surface area contributed by atoms with Gasteiger partial charge in [0.05, 0.1) is 40.4 Å². The van der Waals surface area contributed by atoms with Crippen LogP contribution in [-0.2, 0) is 44.1 Å². The molecule has 0 radical (unpaired) electrons. The Morgan fingerprint density at radius 2 is 1.69 bits per heavy atom. The Morgan fingerprint density at radius 1 is 0.892 bits per heavy atom. The van der Waals surface area contributed by atoms with Crippen molar-refractivity contribution >= 4 is 22.6 Å². The van der Waals surface area contributed by atoms with Gasteiger partial charge in [0.2, 0.25) is 0 Å². The Kier molecular flexibility index (Phi) is 12.0. The standard InChI is InChI=1S/C72H92N4O7/c1-65(2)64(83-65)53(78)36-66(3)47-15-10-11-21-70-23-18-54-68(5,71-22-17-43(34-71)58-50(19-26-74-58)56(71)63(80)69(54)20-12-16-49(35-69)73-6)62(70)61(79)51(55-57(66)52(77)37-67(55,70)4)40-76-39-46(59-60(76)45(33-47)38-75-59)30-41-29-44(42-13-8-7-9-14-42)32-48(31-41)72(81)24-27-82-28-25-72/h19,26,29,31-32,38-39,42-43,47,49,51,53-54,56,61-62,64,73-75,78-79,81H,7-9,12-18,20-25,27-28,30,33-37,40H2,1-6H3/t43-,47+,49+,51+,53+,54+,56-,61+,62+,64+,66+,67-,68+,69-,70-,71-/m0/s1. The number of rotatable bonds is 8. The molecule has 16 atom stereocenters. The summed E-state index contributed by atoms with van der Waals surface area (Å²) in [6.45, 7) is 13.1. The monoisotopic (exact) mass is 1120 g/mol. The zero-order valence-corrected chi connectivity index (χ0v) is 50.5. The maximum absolute atomic E-state index is 16.5. The molecule has 3 aliphatic heterocycles. The summed E-state index contributed by atoms with van der Waals surface area (Å²) in [5.74, 6) is 8.34. The smallest absolute Gasteiger partial charge is 0.160 e. The maximum Gasteiger partial charge on any atom is 0.160 e. The quantitative estimate of drug-likeness (QED) is 0.0750. The molecule has 3 spiro atoms. The summed E-state index contributed by atoms with van der Waals surface area (Å²) < 4.78 is 14.6. The Morgan fingerprint density at radius 3 is 2.47 bits per heavy atom. The van der Waals surface area contributed by atoms with E-state index in [-0.39, 0.29) is 47.0 Å². The predicted octanol–water partition coefficient (Wildman–Crippen LogP) is 11.9. The number of ether oxygens (including phenoxy) is 2. The van der Waals surface area contributed by atoms with Gasteiger partial charge in [0, 0.05) is 116 Å². The van der Waals surface area contributed by atoms with Gasteiger partial charge in [0.15, 0.2) is 5.78 Å². The Hall–Kier alpha value is -4.28. The molecule has 16 rings (SSSR count). The molecule has 11 nitrogen and oxygen atoms in total. The minimum Gasteiger partial charge on any atom is -0.392 e. The van der Waals surface area contributed by atoms with Crippen LogP contribution in [0.25, 0.3) is 11.0 Å². The van der Waals surface area contributed by atoms with Gasteiger partial charge in [-0.2, -0.15) is 0 Å². The number of aromatic nitrogens is 3. The van der Waals surface area contributed by atoms with Gasteiger partial charge in [-0.1, -0.05) is 64.7 Å². The largest absolute Gasteiger partial charge is 0.392 e. The molecule has 83 heavy (non-hydrogen) atoms. The van der Waals surface area contributed by atoms with Gasteiger partial charge in [-0.3, -0.25) is 9.59 Å². The third-order valence-corrected chi connectivity index (χ3v) is 27.5. The van der Waals surface area contributed by atoms with E-state index in [9.17, 15) is 15.3 Å². The summed E-state index contributed by atoms with van der Waals surface area (Å²) in [4.78, 5) is 40.5. The van der Waals surface area contributed by atoms with Crippen LogP contribution in [0.5, 0.6) is 0 Å². The SMILES string of the molecule is CN[C@@H]1CCC[C@@]2(C1)C(=O)[C@@H]1c3cc[nH]c3[C@H]3CC[C@@]1(C3)[C@]1(C)[C@H]2CC[C@]23CC#CC[C@@H]4Cc5c[nH]c6c(Cc7cc(C8CCCCC8)cc(C8(O)CCOCC8)c7)cn(c56)C[C@H](C5=C(C(=O)C[C@@]52C)[C@]4(C)C[C@@H](O)[C@H]2OC2(C)C)[C@@H](O)[C@@H]31. The zero-order chi connectivity index (χ0) is 57.0. The molecule has 2 saturated heterocycles. The fourth-order valence-electron chi connectivity index (χ4n) is 23.7. The van der Waals surface area contributed by atoms with E-state index >= 15 is 9.59 Å². The van der Waals surface area contributed by atoms with Gasteiger partial charge in [0.1, 0.15) is 11.9 Å². The molecule has 7 bridgehead atoms. The number of aliphatic hydroxyl groups is 3. The van der Waals surface area contributed by atoms with Gasteiger partial charge < -0.3 is 44.6 Å². The number of epoxide rings is 1. The van der Waals surface area contributed by atoms with Crippen LogP contribution in [0.1, 0.15) is 220 Å². The van der Waals surface area contributed by atoms with Gasteiger partial charge in [-0.15, -0.1) is 11.8 Å². The van der Waals surface area contributed by atoms with Crippen molar-refractivity contribution in [3.05, 3.63) is 93.1 Å². The number of hydrogen-bond donors (Lipinski definition) is 6. The van der Waals surface area contributed by atoms with E-state index < -0.39 is 56.4 Å². The molecule has 6 heterocycles. The number of aromatic amines is 2. The molecule has 0 unspecified atom stereocenters. The van der Waals surface area contributed by atoms with Gasteiger partial charge in [-0.25, -0.2) is 0 Å². The molecule has 8 fully saturated rings. The Labute approximate surface area is 491 Å². The molecule has 3 aromatic heterocycles. The minimum atomic E-state index is -0.938. The molecule has 12 aliphatic rings. The van der Waals surface area contributed by atoms with Crippen LogP contribution in [0.3, 0.4) is 0 Å². The molecule has 6 N–H and O–H groups in total. The topological polar surface area (TPSA) is 165 Å². The highest BCUT2D eigenvalue weighted by molar-refractivity contribution is 6.02. The van der Waals surface area contributed by atoms with Crippen LogP contribution in [-0.4, -0.2) is 91.6 Å². The lowest BCUT2D eigenvalue weighted by atomic mass is 9.26. The number of allylic oxidation sites excluding steroid dienone is 1. The van der Waals surface area contributed by atoms with Crippen LogP contribution in [0, 0.1) is 68.0 Å². The van der Waals surface area contributed by atoms with Gasteiger partial charge in [-0.05, 0) is 189 Å². The number of Topliss-reactive ketones (excluding diaryl/α,β-unsaturated/α-hetero) is 2. The van der Waals surface area contributed by atoms with Gasteiger partial charge >= 0.3 is 0 Å². The molecule has 1 aromatic carbocycles. The second-order valence-electron chi connectivity index (χ2n) is 31.2. The number of nitrogens with zero attached hydrogens (tertiary/aromatic N) is 1. The van der Waals surface area contributed by atoms with Crippen LogP contribution in [0.4, 0.5) is 0 Å². The zero-order valence-electron chi connectivity index (χ0n) is 50.5. The van der Waals surface area contributed by atoms with Crippen molar-refractivity contribution in [2.45, 2.75) is 236 Å². The number of hydrogen-bond acceptors (Lipinski definition) is 8. The molecule has 4 aromatic rings. The highest BCUT2D eigenvalue weighted by Gasteiger charge is 2.82. The average molecular weight is 1130 g/mol. The summed E-state index contributed by atoms with van der Waals surface area (Å²) in [5.41, 5.74) is 7.91. The second kappa shape index (κ2) is 18.4. The van der Waals surface area contributed by atoms with E-state index in [4.69, 9.17) is 9.47 Å². The van der Waals surface area contributed by atoms with Crippen molar-refractivity contribution in [2.75, 3.05) is 20.3 Å². The molecule has 11 heteroatoms. The molecule has 442 valence electrons. The van der Waals surface area contributed by atoms with E-state index in [2.05, 4.69) is 116 Å². The first-order valence-corrected chi connectivity index (χ1v) is 33.1. The van der Waals surface area contributed by atoms with Gasteiger partial charge in [0.25, 0.3) is 0 Å². The number of nitrogens with one attached hydrogen (secondary N) is 3. The Bertz CT molecular complexity index is 3450. The summed E-state index contributed by atoms with van der Waals surface area (Å²) in [7, 11) is 2.09. The predicted molar refractivity (Wildman–Crippen MR) is 320 cm³/mol. The average Bonchev–Trinajstić information content (AvgIpc) is 1.65. The number of carbonyl (C=O) groups is 2. The first-order chi connectivity index (χ1) is 39.8. The van der Waals surface area contributed by atoms with E-state index in [1.165, 1.54) is 65.6 Å². The highest BCUT2D eigenvalue weighted by atomic mass is 16.6. The summed E-state index contributed by atoms with van der Waals surface area (Å²) in [6.07, 6.45) is 23.6. The number of benzene rings is 1. The molecular weight excluding hydrogens is 1030 g/mol. The fraction of sp³-hybridized carbons (Fsp3) is 0.694. The normalized spacial score (nSPS) is 42.2. The van der Waals surface area contributed by atoms with Crippen molar-refractivity contribution in [1.29, 1.82) is 0 Å². The Balaban J connectivity index is 0.910. The third-order valence-electron chi connectivity index (χ3n) is 27.5. The number of aliphatic hydroxyl groups excluding tert-OH is 2. The maximum atomic E-state index is 16.5. The number of fused-ring (bicyclic) bond motifs is 8. The number of H-pyrrole nitrogens is 2. The van der Waals surface area contributed by atoms with Crippen molar-refractivity contribution in [3.8, 4) is 11.8 Å². The van der Waals surface area contributed by atoms with Crippen LogP contribution < -0.4 is 5.32 Å². The van der Waals surface area contributed by atoms with Crippen LogP contribution in [0.15, 0.2) is 54.0 Å². The first kappa shape index (κ1) is 54.1. The van der Waals surface area contributed by atoms with E-state index in [1.807, 2.05) is 0 Å². The molecular formula is C72H92N4O7. The van der Waals surface area contributed by atoms with Crippen molar-refractivity contribution in [1.82, 2.24) is 19.9 Å². The van der Waals surface area contributed by atoms with E-state index in [0.29, 0.717) is 88.7 Å². The lowest BCUT2D eigenvalue weighted by molar-refractivity contribution is -0.274. The van der Waals surface area contributed by atoms with Crippen molar-refractivity contribution < 1.29 is 34.4 Å². The van der Waals surface area contributed by atoms with Crippen LogP contribution >= 0.6 is 0 Å². The number of carbonyl (C=O) groups excluding carboxylic acids is 2. The van der Waals surface area contributed by atoms with Crippen molar-refractivity contribution in [3.63, 3.8) is 0 Å². The summed E-state index contributed by atoms with van der Waals surface area (Å²) in [5, 5.41) is 43.6. The summed E-state index contributed by atoms with van der Waals surface area (Å²) >= 11 is 0. The molecule has 0 amide bonds. The fourth-order valence-corrected chi connectivity index (χ4v) is 23.7. The second-order valence-corrected chi connectivity index (χ2v) is 31.2.